The van der Waals surface area contributed by atoms with Gasteiger partial charge in [0.05, 0.1) is 7.05 Å². The van der Waals surface area contributed by atoms with Crippen LogP contribution in [0.3, 0.4) is 0 Å². The molecule has 0 saturated heterocycles. The van der Waals surface area contributed by atoms with Crippen molar-refractivity contribution in [1.29, 1.82) is 0 Å². The molecule has 1 atom stereocenters. The second-order valence-corrected chi connectivity index (χ2v) is 5.31. The maximum Gasteiger partial charge on any atom is 0.246 e. The predicted octanol–water partition coefficient (Wildman–Crippen LogP) is 0.321. The van der Waals surface area contributed by atoms with E-state index in [1.165, 1.54) is 25.7 Å². The van der Waals surface area contributed by atoms with E-state index < -0.39 is 6.23 Å². The van der Waals surface area contributed by atoms with Gasteiger partial charge < -0.3 is 17.5 Å². The molecule has 0 aliphatic heterocycles. The lowest BCUT2D eigenvalue weighted by Gasteiger charge is -2.07. The number of aryl methyl sites for hydroxylation is 1. The molecule has 0 radical (unpaired) electrons. The van der Waals surface area contributed by atoms with Crippen LogP contribution in [0.25, 0.3) is 11.0 Å². The maximum atomic E-state index is 10.3. The Bertz CT molecular complexity index is 524. The van der Waals surface area contributed by atoms with Crippen molar-refractivity contribution < 1.29 is 22.1 Å². The van der Waals surface area contributed by atoms with Crippen LogP contribution in [0.2, 0.25) is 0 Å². The Hall–Kier alpha value is -1.06. The molecule has 0 saturated carbocycles. The molecule has 2 aromatic rings. The van der Waals surface area contributed by atoms with E-state index in [0.717, 1.165) is 23.9 Å². The molecule has 0 aliphatic carbocycles. The molecule has 1 N–H and O–H groups in total. The third-order valence-corrected chi connectivity index (χ3v) is 3.72. The van der Waals surface area contributed by atoms with E-state index in [1.807, 2.05) is 30.1 Å². The number of aromatic nitrogens is 2. The van der Waals surface area contributed by atoms with Crippen LogP contribution >= 0.6 is 0 Å². The highest BCUT2D eigenvalue weighted by Gasteiger charge is 2.18. The minimum absolute atomic E-state index is 0. The number of unbranched alkanes of at least 4 members (excludes halogenated alkanes) is 4. The molecule has 1 heterocycles. The SMILES string of the molecule is CCCCCCCC(O)n1c[n+](C)c2ccccc21.[Cl-]. The second-order valence-electron chi connectivity index (χ2n) is 5.31. The first-order chi connectivity index (χ1) is 9.24. The Labute approximate surface area is 127 Å². The van der Waals surface area contributed by atoms with Gasteiger partial charge in [-0.3, -0.25) is 0 Å². The number of hydrogen-bond donors (Lipinski definition) is 1. The van der Waals surface area contributed by atoms with Gasteiger partial charge in [-0.15, -0.1) is 0 Å². The quantitative estimate of drug-likeness (QED) is 0.579. The second kappa shape index (κ2) is 8.28. The van der Waals surface area contributed by atoms with Crippen LogP contribution in [0.1, 0.15) is 51.7 Å². The first kappa shape index (κ1) is 17.0. The Morgan fingerprint density at radius 2 is 1.85 bits per heavy atom. The van der Waals surface area contributed by atoms with E-state index in [0.29, 0.717) is 0 Å². The lowest BCUT2D eigenvalue weighted by molar-refractivity contribution is -0.646. The van der Waals surface area contributed by atoms with E-state index in [9.17, 15) is 5.11 Å². The van der Waals surface area contributed by atoms with Crippen LogP contribution < -0.4 is 17.0 Å². The molecule has 0 bridgehead atoms. The van der Waals surface area contributed by atoms with Crippen molar-refractivity contribution in [2.45, 2.75) is 51.7 Å². The van der Waals surface area contributed by atoms with Crippen LogP contribution in [-0.4, -0.2) is 9.67 Å². The van der Waals surface area contributed by atoms with Crippen molar-refractivity contribution in [2.24, 2.45) is 7.05 Å². The molecule has 112 valence electrons. The molecule has 0 amide bonds. The molecule has 0 spiro atoms. The molecule has 2 rings (SSSR count). The van der Waals surface area contributed by atoms with Gasteiger partial charge in [0.15, 0.2) is 17.3 Å². The molecule has 3 nitrogen and oxygen atoms in total. The van der Waals surface area contributed by atoms with Crippen LogP contribution in [-0.2, 0) is 7.05 Å². The van der Waals surface area contributed by atoms with Gasteiger partial charge in [0.25, 0.3) is 0 Å². The van der Waals surface area contributed by atoms with Crippen molar-refractivity contribution in [3.63, 3.8) is 0 Å². The molecule has 1 aromatic heterocycles. The number of aliphatic hydroxyl groups is 1. The third-order valence-electron chi connectivity index (χ3n) is 3.72. The van der Waals surface area contributed by atoms with Crippen LogP contribution in [0.5, 0.6) is 0 Å². The van der Waals surface area contributed by atoms with Gasteiger partial charge in [-0.2, -0.15) is 0 Å². The summed E-state index contributed by atoms with van der Waals surface area (Å²) in [4.78, 5) is 0. The largest absolute Gasteiger partial charge is 1.00 e. The highest BCUT2D eigenvalue weighted by atomic mass is 35.5. The molecule has 1 aromatic carbocycles. The molecule has 0 aliphatic rings. The van der Waals surface area contributed by atoms with Crippen molar-refractivity contribution in [3.8, 4) is 0 Å². The highest BCUT2D eigenvalue weighted by molar-refractivity contribution is 5.71. The topological polar surface area (TPSA) is 29.0 Å². The van der Waals surface area contributed by atoms with Gasteiger partial charge in [-0.25, -0.2) is 9.13 Å². The number of rotatable bonds is 7. The number of benzene rings is 1. The molecular formula is C16H25ClN2O. The zero-order chi connectivity index (χ0) is 13.7. The zero-order valence-electron chi connectivity index (χ0n) is 12.4. The molecule has 1 unspecified atom stereocenters. The fourth-order valence-electron chi connectivity index (χ4n) is 2.60. The van der Waals surface area contributed by atoms with Crippen LogP contribution in [0.15, 0.2) is 30.6 Å². The smallest absolute Gasteiger partial charge is 0.246 e. The van der Waals surface area contributed by atoms with Gasteiger partial charge in [-0.05, 0) is 18.6 Å². The minimum atomic E-state index is -0.410. The molecular weight excluding hydrogens is 272 g/mol. The number of aliphatic hydroxyl groups excluding tert-OH is 1. The lowest BCUT2D eigenvalue weighted by atomic mass is 10.1. The fraction of sp³-hybridized carbons (Fsp3) is 0.562. The zero-order valence-corrected chi connectivity index (χ0v) is 13.2. The summed E-state index contributed by atoms with van der Waals surface area (Å²) in [6, 6.07) is 8.20. The van der Waals surface area contributed by atoms with Gasteiger partial charge in [-0.1, -0.05) is 44.7 Å². The van der Waals surface area contributed by atoms with Gasteiger partial charge >= 0.3 is 0 Å². The highest BCUT2D eigenvalue weighted by Crippen LogP contribution is 2.19. The summed E-state index contributed by atoms with van der Waals surface area (Å²) in [6.45, 7) is 2.22. The summed E-state index contributed by atoms with van der Waals surface area (Å²) in [5.41, 5.74) is 2.26. The first-order valence-electron chi connectivity index (χ1n) is 7.37. The van der Waals surface area contributed by atoms with Gasteiger partial charge in [0, 0.05) is 6.42 Å². The third kappa shape index (κ3) is 3.97. The normalized spacial score (nSPS) is 12.3. The van der Waals surface area contributed by atoms with E-state index in [2.05, 4.69) is 23.6 Å². The lowest BCUT2D eigenvalue weighted by Crippen LogP contribution is -3.00. The van der Waals surface area contributed by atoms with Gasteiger partial charge in [0.2, 0.25) is 6.33 Å². The van der Waals surface area contributed by atoms with E-state index in [4.69, 9.17) is 0 Å². The first-order valence-corrected chi connectivity index (χ1v) is 7.37. The van der Waals surface area contributed by atoms with Crippen molar-refractivity contribution in [1.82, 2.24) is 4.57 Å². The molecule has 20 heavy (non-hydrogen) atoms. The van der Waals surface area contributed by atoms with E-state index in [-0.39, 0.29) is 12.4 Å². The van der Waals surface area contributed by atoms with Gasteiger partial charge in [0.1, 0.15) is 0 Å². The van der Waals surface area contributed by atoms with E-state index >= 15 is 0 Å². The Morgan fingerprint density at radius 1 is 1.15 bits per heavy atom. The van der Waals surface area contributed by atoms with E-state index in [1.54, 1.807) is 0 Å². The average Bonchev–Trinajstić information content (AvgIpc) is 2.76. The summed E-state index contributed by atoms with van der Waals surface area (Å²) in [6.07, 6.45) is 8.58. The van der Waals surface area contributed by atoms with Crippen molar-refractivity contribution in [2.75, 3.05) is 0 Å². The summed E-state index contributed by atoms with van der Waals surface area (Å²) < 4.78 is 4.05. The monoisotopic (exact) mass is 296 g/mol. The van der Waals surface area contributed by atoms with Crippen LogP contribution in [0.4, 0.5) is 0 Å². The summed E-state index contributed by atoms with van der Waals surface area (Å²) in [5.74, 6) is 0. The minimum Gasteiger partial charge on any atom is -1.00 e. The standard InChI is InChI=1S/C16H25N2O.ClH/c1-3-4-5-6-7-12-16(19)18-13-17(2)14-10-8-9-11-15(14)18;/h8-11,13,16,19H,3-7,12H2,1-2H3;1H/q+1;/p-1. The Morgan fingerprint density at radius 3 is 2.60 bits per heavy atom. The Balaban J connectivity index is 0.00000200. The maximum absolute atomic E-state index is 10.3. The van der Waals surface area contributed by atoms with Crippen molar-refractivity contribution in [3.05, 3.63) is 30.6 Å². The Kier molecular flexibility index (Phi) is 7.03. The average molecular weight is 297 g/mol. The molecule has 4 heteroatoms. The van der Waals surface area contributed by atoms with Crippen molar-refractivity contribution >= 4 is 11.0 Å². The number of para-hydroxylation sites is 2. The summed E-state index contributed by atoms with van der Waals surface area (Å²) in [7, 11) is 2.02. The molecule has 0 fully saturated rings. The predicted molar refractivity (Wildman–Crippen MR) is 77.7 cm³/mol. The number of imidazole rings is 1. The van der Waals surface area contributed by atoms with Crippen LogP contribution in [0, 0.1) is 0 Å². The number of halogens is 1. The summed E-state index contributed by atoms with van der Waals surface area (Å²) in [5, 5.41) is 10.3. The number of fused-ring (bicyclic) bond motifs is 1. The number of hydrogen-bond acceptors (Lipinski definition) is 1. The fourth-order valence-corrected chi connectivity index (χ4v) is 2.60. The summed E-state index contributed by atoms with van der Waals surface area (Å²) >= 11 is 0. The number of nitrogens with zero attached hydrogens (tertiary/aromatic N) is 2.